The van der Waals surface area contributed by atoms with Gasteiger partial charge in [-0.1, -0.05) is 57.0 Å². The number of rotatable bonds is 12. The molecular weight excluding hydrogens is 322 g/mol. The number of benzene rings is 2. The Balaban J connectivity index is 1.98. The summed E-state index contributed by atoms with van der Waals surface area (Å²) < 4.78 is 11.9. The predicted octanol–water partition coefficient (Wildman–Crippen LogP) is 5.64. The van der Waals surface area contributed by atoms with E-state index in [0.717, 1.165) is 63.5 Å². The van der Waals surface area contributed by atoms with Gasteiger partial charge in [0.2, 0.25) is 0 Å². The molecule has 0 unspecified atom stereocenters. The number of aryl methyl sites for hydroxylation is 1. The average molecular weight is 356 g/mol. The summed E-state index contributed by atoms with van der Waals surface area (Å²) in [4.78, 5) is 0. The maximum absolute atomic E-state index is 6.03. The second kappa shape index (κ2) is 11.6. The molecule has 0 heterocycles. The highest BCUT2D eigenvalue weighted by Crippen LogP contribution is 2.26. The van der Waals surface area contributed by atoms with Crippen molar-refractivity contribution in [3.8, 4) is 11.5 Å². The van der Waals surface area contributed by atoms with Crippen molar-refractivity contribution in [2.75, 3.05) is 13.2 Å². The Bertz CT molecular complexity index is 654. The van der Waals surface area contributed by atoms with E-state index in [1.807, 2.05) is 12.1 Å². The predicted molar refractivity (Wildman–Crippen MR) is 109 cm³/mol. The summed E-state index contributed by atoms with van der Waals surface area (Å²) in [7, 11) is 0. The first-order valence-electron chi connectivity index (χ1n) is 9.88. The zero-order valence-corrected chi connectivity index (χ0v) is 16.5. The lowest BCUT2D eigenvalue weighted by Crippen LogP contribution is -2.14. The van der Waals surface area contributed by atoms with Crippen LogP contribution in [-0.4, -0.2) is 13.2 Å². The molecule has 0 aliphatic carbocycles. The molecule has 2 aromatic rings. The molecule has 0 aliphatic rings. The smallest absolute Gasteiger partial charge is 0.127 e. The number of hydrogen-bond acceptors (Lipinski definition) is 3. The summed E-state index contributed by atoms with van der Waals surface area (Å²) >= 11 is 0. The molecule has 0 atom stereocenters. The van der Waals surface area contributed by atoms with Crippen LogP contribution >= 0.6 is 0 Å². The quantitative estimate of drug-likeness (QED) is 0.500. The number of nitrogens with one attached hydrogen (secondary N) is 1. The molecule has 0 bridgehead atoms. The topological polar surface area (TPSA) is 30.5 Å². The van der Waals surface area contributed by atoms with Gasteiger partial charge >= 0.3 is 0 Å². The van der Waals surface area contributed by atoms with Crippen LogP contribution < -0.4 is 14.8 Å². The van der Waals surface area contributed by atoms with Gasteiger partial charge in [-0.25, -0.2) is 0 Å². The molecule has 0 saturated carbocycles. The highest BCUT2D eigenvalue weighted by molar-refractivity contribution is 5.41. The van der Waals surface area contributed by atoms with Crippen LogP contribution in [0.2, 0.25) is 0 Å². The molecule has 0 fully saturated rings. The van der Waals surface area contributed by atoms with E-state index in [2.05, 4.69) is 56.4 Å². The van der Waals surface area contributed by atoms with E-state index in [4.69, 9.17) is 9.47 Å². The Kier molecular flexibility index (Phi) is 9.05. The van der Waals surface area contributed by atoms with E-state index in [9.17, 15) is 0 Å². The third-order valence-corrected chi connectivity index (χ3v) is 4.45. The van der Waals surface area contributed by atoms with Gasteiger partial charge in [-0.05, 0) is 37.0 Å². The van der Waals surface area contributed by atoms with Crippen molar-refractivity contribution in [3.05, 3.63) is 59.2 Å². The minimum Gasteiger partial charge on any atom is -0.493 e. The Hall–Kier alpha value is -2.00. The zero-order chi connectivity index (χ0) is 18.6. The van der Waals surface area contributed by atoms with Crippen LogP contribution in [0.15, 0.2) is 42.5 Å². The Morgan fingerprint density at radius 1 is 0.808 bits per heavy atom. The van der Waals surface area contributed by atoms with Crippen LogP contribution in [-0.2, 0) is 13.1 Å². The van der Waals surface area contributed by atoms with Gasteiger partial charge < -0.3 is 14.8 Å². The molecule has 142 valence electrons. The third kappa shape index (κ3) is 6.72. The molecular formula is C23H33NO2. The first-order valence-corrected chi connectivity index (χ1v) is 9.88. The molecule has 0 amide bonds. The molecule has 26 heavy (non-hydrogen) atoms. The largest absolute Gasteiger partial charge is 0.493 e. The lowest BCUT2D eigenvalue weighted by atomic mass is 10.1. The van der Waals surface area contributed by atoms with Crippen LogP contribution in [0.25, 0.3) is 0 Å². The van der Waals surface area contributed by atoms with Gasteiger partial charge in [0, 0.05) is 24.7 Å². The van der Waals surface area contributed by atoms with Gasteiger partial charge in [-0.3, -0.25) is 0 Å². The fraction of sp³-hybridized carbons (Fsp3) is 0.478. The summed E-state index contributed by atoms with van der Waals surface area (Å²) in [5, 5.41) is 3.54. The summed E-state index contributed by atoms with van der Waals surface area (Å²) in [5.41, 5.74) is 3.83. The van der Waals surface area contributed by atoms with E-state index >= 15 is 0 Å². The second-order valence-corrected chi connectivity index (χ2v) is 6.70. The minimum atomic E-state index is 0.750. The highest BCUT2D eigenvalue weighted by Gasteiger charge is 2.07. The van der Waals surface area contributed by atoms with Crippen molar-refractivity contribution in [2.24, 2.45) is 0 Å². The normalized spacial score (nSPS) is 10.7. The third-order valence-electron chi connectivity index (χ3n) is 4.45. The van der Waals surface area contributed by atoms with Gasteiger partial charge in [-0.15, -0.1) is 0 Å². The van der Waals surface area contributed by atoms with Crippen molar-refractivity contribution in [1.29, 1.82) is 0 Å². The van der Waals surface area contributed by atoms with Crippen molar-refractivity contribution in [2.45, 2.75) is 59.5 Å². The zero-order valence-electron chi connectivity index (χ0n) is 16.5. The molecule has 3 nitrogen and oxygen atoms in total. The fourth-order valence-corrected chi connectivity index (χ4v) is 2.71. The average Bonchev–Trinajstić information content (AvgIpc) is 2.65. The summed E-state index contributed by atoms with van der Waals surface area (Å²) in [5.74, 6) is 1.83. The van der Waals surface area contributed by atoms with E-state index in [-0.39, 0.29) is 0 Å². The van der Waals surface area contributed by atoms with E-state index in [0.29, 0.717) is 0 Å². The molecule has 3 heteroatoms. The SMILES string of the molecule is CCCCOc1ccc(CNCc2ccccc2C)c(OCCCC)c1. The molecule has 0 saturated heterocycles. The first kappa shape index (κ1) is 20.3. The van der Waals surface area contributed by atoms with Gasteiger partial charge in [0.05, 0.1) is 13.2 Å². The van der Waals surface area contributed by atoms with Gasteiger partial charge in [0.15, 0.2) is 0 Å². The maximum Gasteiger partial charge on any atom is 0.127 e. The fourth-order valence-electron chi connectivity index (χ4n) is 2.71. The van der Waals surface area contributed by atoms with Gasteiger partial charge in [0.25, 0.3) is 0 Å². The molecule has 2 aromatic carbocycles. The first-order chi connectivity index (χ1) is 12.7. The molecule has 2 rings (SSSR count). The summed E-state index contributed by atoms with van der Waals surface area (Å²) in [6.07, 6.45) is 4.41. The maximum atomic E-state index is 6.03. The van der Waals surface area contributed by atoms with E-state index in [1.54, 1.807) is 0 Å². The van der Waals surface area contributed by atoms with Crippen molar-refractivity contribution in [3.63, 3.8) is 0 Å². The Morgan fingerprint density at radius 3 is 2.23 bits per heavy atom. The molecule has 0 aromatic heterocycles. The molecule has 1 N–H and O–H groups in total. The highest BCUT2D eigenvalue weighted by atomic mass is 16.5. The van der Waals surface area contributed by atoms with E-state index < -0.39 is 0 Å². The number of hydrogen-bond donors (Lipinski definition) is 1. The van der Waals surface area contributed by atoms with Crippen LogP contribution in [0, 0.1) is 6.92 Å². The molecule has 0 aliphatic heterocycles. The van der Waals surface area contributed by atoms with Crippen LogP contribution in [0.1, 0.15) is 56.2 Å². The standard InChI is InChI=1S/C23H33NO2/c1-4-6-14-25-22-13-12-21(23(16-22)26-15-7-5-2)18-24-17-20-11-9-8-10-19(20)3/h8-13,16,24H,4-7,14-15,17-18H2,1-3H3. The van der Waals surface area contributed by atoms with Crippen LogP contribution in [0.4, 0.5) is 0 Å². The minimum absolute atomic E-state index is 0.750. The Labute approximate surface area is 158 Å². The lowest BCUT2D eigenvalue weighted by molar-refractivity contribution is 0.291. The Morgan fingerprint density at radius 2 is 1.50 bits per heavy atom. The summed E-state index contributed by atoms with van der Waals surface area (Å²) in [6, 6.07) is 14.7. The van der Waals surface area contributed by atoms with Crippen LogP contribution in [0.5, 0.6) is 11.5 Å². The molecule has 0 spiro atoms. The molecule has 0 radical (unpaired) electrons. The number of unbranched alkanes of at least 4 members (excludes halogenated alkanes) is 2. The van der Waals surface area contributed by atoms with Crippen molar-refractivity contribution >= 4 is 0 Å². The second-order valence-electron chi connectivity index (χ2n) is 6.70. The summed E-state index contributed by atoms with van der Waals surface area (Å²) in [6.45, 7) is 9.65. The van der Waals surface area contributed by atoms with Crippen LogP contribution in [0.3, 0.4) is 0 Å². The van der Waals surface area contributed by atoms with Crippen molar-refractivity contribution in [1.82, 2.24) is 5.32 Å². The van der Waals surface area contributed by atoms with Crippen molar-refractivity contribution < 1.29 is 9.47 Å². The number of ether oxygens (including phenoxy) is 2. The van der Waals surface area contributed by atoms with Gasteiger partial charge in [-0.2, -0.15) is 0 Å². The lowest BCUT2D eigenvalue weighted by Gasteiger charge is -2.15. The van der Waals surface area contributed by atoms with Gasteiger partial charge in [0.1, 0.15) is 11.5 Å². The monoisotopic (exact) mass is 355 g/mol. The van der Waals surface area contributed by atoms with E-state index in [1.165, 1.54) is 16.7 Å².